The van der Waals surface area contributed by atoms with Crippen molar-refractivity contribution in [1.82, 2.24) is 9.97 Å². The summed E-state index contributed by atoms with van der Waals surface area (Å²) in [4.78, 5) is 10.2. The number of hydrogen-bond donors (Lipinski definition) is 0. The summed E-state index contributed by atoms with van der Waals surface area (Å²) in [6, 6.07) is 67.2. The maximum absolute atomic E-state index is 6.75. The van der Waals surface area contributed by atoms with Crippen LogP contribution >= 0.6 is 0 Å². The summed E-state index contributed by atoms with van der Waals surface area (Å²) in [6.45, 7) is 0. The second-order valence-electron chi connectivity index (χ2n) is 14.1. The van der Waals surface area contributed by atoms with Gasteiger partial charge in [-0.3, -0.25) is 0 Å². The molecule has 8 aromatic carbocycles. The van der Waals surface area contributed by atoms with Crippen molar-refractivity contribution in [1.29, 1.82) is 0 Å². The monoisotopic (exact) mass is 716 g/mol. The van der Waals surface area contributed by atoms with Gasteiger partial charge in [0, 0.05) is 38.2 Å². The molecule has 0 fully saturated rings. The highest BCUT2D eigenvalue weighted by molar-refractivity contribution is 6.22. The van der Waals surface area contributed by atoms with Crippen LogP contribution in [0.1, 0.15) is 0 Å². The average Bonchev–Trinajstić information content (AvgIpc) is 3.83. The largest absolute Gasteiger partial charge is 0.455 e. The minimum atomic E-state index is 0.679. The fourth-order valence-electron chi connectivity index (χ4n) is 7.92. The lowest BCUT2D eigenvalue weighted by atomic mass is 9.96. The van der Waals surface area contributed by atoms with Gasteiger partial charge in [-0.05, 0) is 70.3 Å². The molecular formula is C52H32N2O2. The molecule has 3 heterocycles. The van der Waals surface area contributed by atoms with Gasteiger partial charge in [-0.2, -0.15) is 0 Å². The Kier molecular flexibility index (Phi) is 7.46. The minimum absolute atomic E-state index is 0.679. The standard InChI is InChI=1S/C52H32N2O2/c1-5-14-33(15-6-1)38-24-26-47-41(29-38)43-31-44-42-30-39(25-27-48(42)56-51(44)49(50(43)55-47)36-20-11-4-12-21-36)37-22-13-23-40(28-37)52-53-45(34-16-7-2-8-17-34)32-46(54-52)35-18-9-3-10-19-35/h1-32H. The Morgan fingerprint density at radius 2 is 0.714 bits per heavy atom. The Hall–Kier alpha value is -7.56. The van der Waals surface area contributed by atoms with Crippen LogP contribution in [0.25, 0.3) is 111 Å². The van der Waals surface area contributed by atoms with Crippen LogP contribution in [0.2, 0.25) is 0 Å². The Labute approximate surface area is 323 Å². The van der Waals surface area contributed by atoms with Crippen molar-refractivity contribution in [3.05, 3.63) is 194 Å². The molecule has 3 aromatic heterocycles. The second kappa shape index (κ2) is 13.1. The molecule has 0 amide bonds. The van der Waals surface area contributed by atoms with Crippen molar-refractivity contribution < 1.29 is 8.83 Å². The zero-order chi connectivity index (χ0) is 37.0. The van der Waals surface area contributed by atoms with E-state index in [0.29, 0.717) is 5.82 Å². The van der Waals surface area contributed by atoms with E-state index >= 15 is 0 Å². The minimum Gasteiger partial charge on any atom is -0.455 e. The number of rotatable bonds is 6. The number of benzene rings is 8. The van der Waals surface area contributed by atoms with E-state index in [1.54, 1.807) is 0 Å². The molecule has 0 saturated carbocycles. The summed E-state index contributed by atoms with van der Waals surface area (Å²) in [5, 5.41) is 4.22. The van der Waals surface area contributed by atoms with Crippen molar-refractivity contribution in [3.63, 3.8) is 0 Å². The molecule has 0 unspecified atom stereocenters. The number of aromatic nitrogens is 2. The lowest BCUT2D eigenvalue weighted by Gasteiger charge is -2.10. The van der Waals surface area contributed by atoms with Gasteiger partial charge in [0.25, 0.3) is 0 Å². The smallest absolute Gasteiger partial charge is 0.160 e. The van der Waals surface area contributed by atoms with E-state index in [-0.39, 0.29) is 0 Å². The van der Waals surface area contributed by atoms with Crippen molar-refractivity contribution in [2.24, 2.45) is 0 Å². The van der Waals surface area contributed by atoms with Gasteiger partial charge in [0.05, 0.1) is 17.0 Å². The molecule has 0 saturated heterocycles. The molecule has 11 aromatic rings. The van der Waals surface area contributed by atoms with Crippen molar-refractivity contribution in [2.45, 2.75) is 0 Å². The molecule has 0 aliphatic heterocycles. The molecule has 4 heteroatoms. The van der Waals surface area contributed by atoms with Gasteiger partial charge >= 0.3 is 0 Å². The van der Waals surface area contributed by atoms with Crippen LogP contribution in [0.3, 0.4) is 0 Å². The van der Waals surface area contributed by atoms with E-state index in [1.807, 2.05) is 48.5 Å². The number of fused-ring (bicyclic) bond motifs is 6. The first kappa shape index (κ1) is 31.9. The molecule has 0 aliphatic rings. The first-order chi connectivity index (χ1) is 27.7. The highest BCUT2D eigenvalue weighted by Crippen LogP contribution is 2.45. The number of furan rings is 2. The van der Waals surface area contributed by atoms with Gasteiger partial charge in [0.1, 0.15) is 22.3 Å². The van der Waals surface area contributed by atoms with Crippen LogP contribution < -0.4 is 0 Å². The third-order valence-corrected chi connectivity index (χ3v) is 10.7. The lowest BCUT2D eigenvalue weighted by Crippen LogP contribution is -1.96. The molecular weight excluding hydrogens is 685 g/mol. The Bertz CT molecular complexity index is 3160. The average molecular weight is 717 g/mol. The molecule has 0 aliphatic carbocycles. The number of hydrogen-bond acceptors (Lipinski definition) is 4. The van der Waals surface area contributed by atoms with E-state index < -0.39 is 0 Å². The predicted molar refractivity (Wildman–Crippen MR) is 229 cm³/mol. The van der Waals surface area contributed by atoms with Crippen LogP contribution in [-0.4, -0.2) is 9.97 Å². The van der Waals surface area contributed by atoms with Crippen LogP contribution in [-0.2, 0) is 0 Å². The van der Waals surface area contributed by atoms with Crippen LogP contribution in [0.4, 0.5) is 0 Å². The maximum atomic E-state index is 6.75. The molecule has 56 heavy (non-hydrogen) atoms. The van der Waals surface area contributed by atoms with Crippen molar-refractivity contribution in [2.75, 3.05) is 0 Å². The second-order valence-corrected chi connectivity index (χ2v) is 14.1. The Morgan fingerprint density at radius 1 is 0.286 bits per heavy atom. The van der Waals surface area contributed by atoms with Gasteiger partial charge in [-0.1, -0.05) is 152 Å². The van der Waals surface area contributed by atoms with Gasteiger partial charge in [-0.15, -0.1) is 0 Å². The summed E-state index contributed by atoms with van der Waals surface area (Å²) < 4.78 is 13.4. The Morgan fingerprint density at radius 3 is 1.25 bits per heavy atom. The van der Waals surface area contributed by atoms with Crippen molar-refractivity contribution in [3.8, 4) is 67.3 Å². The summed E-state index contributed by atoms with van der Waals surface area (Å²) in [5.74, 6) is 0.679. The van der Waals surface area contributed by atoms with E-state index in [4.69, 9.17) is 18.8 Å². The highest BCUT2D eigenvalue weighted by Gasteiger charge is 2.22. The zero-order valence-corrected chi connectivity index (χ0v) is 30.2. The summed E-state index contributed by atoms with van der Waals surface area (Å²) >= 11 is 0. The van der Waals surface area contributed by atoms with Gasteiger partial charge < -0.3 is 8.83 Å². The lowest BCUT2D eigenvalue weighted by molar-refractivity contribution is 0.658. The molecule has 0 bridgehead atoms. The SMILES string of the molecule is c1ccc(-c2ccc3oc4c(-c5ccccc5)c5oc6ccc(-c7cccc(-c8nc(-c9ccccc9)cc(-c9ccccc9)n8)c7)cc6c5cc4c3c2)cc1. The third kappa shape index (κ3) is 5.47. The molecule has 0 atom stereocenters. The quantitative estimate of drug-likeness (QED) is 0.172. The number of nitrogens with zero attached hydrogens (tertiary/aromatic N) is 2. The van der Waals surface area contributed by atoms with Gasteiger partial charge in [0.15, 0.2) is 5.82 Å². The first-order valence-corrected chi connectivity index (χ1v) is 18.8. The van der Waals surface area contributed by atoms with Crippen LogP contribution in [0, 0.1) is 0 Å². The zero-order valence-electron chi connectivity index (χ0n) is 30.2. The topological polar surface area (TPSA) is 52.1 Å². The molecule has 0 N–H and O–H groups in total. The fraction of sp³-hybridized carbons (Fsp3) is 0. The van der Waals surface area contributed by atoms with E-state index in [0.717, 1.165) is 99.8 Å². The summed E-state index contributed by atoms with van der Waals surface area (Å²) in [7, 11) is 0. The van der Waals surface area contributed by atoms with Crippen molar-refractivity contribution >= 4 is 43.9 Å². The maximum Gasteiger partial charge on any atom is 0.160 e. The normalized spacial score (nSPS) is 11.6. The third-order valence-electron chi connectivity index (χ3n) is 10.7. The summed E-state index contributed by atoms with van der Waals surface area (Å²) in [5.41, 5.74) is 14.6. The molecule has 0 radical (unpaired) electrons. The molecule has 0 spiro atoms. The first-order valence-electron chi connectivity index (χ1n) is 18.8. The Balaban J connectivity index is 1.08. The molecule has 4 nitrogen and oxygen atoms in total. The van der Waals surface area contributed by atoms with E-state index in [9.17, 15) is 0 Å². The highest BCUT2D eigenvalue weighted by atomic mass is 16.3. The van der Waals surface area contributed by atoms with Crippen LogP contribution in [0.5, 0.6) is 0 Å². The van der Waals surface area contributed by atoms with E-state index in [1.165, 1.54) is 5.56 Å². The van der Waals surface area contributed by atoms with Crippen LogP contribution in [0.15, 0.2) is 203 Å². The molecule has 262 valence electrons. The van der Waals surface area contributed by atoms with Gasteiger partial charge in [0.2, 0.25) is 0 Å². The molecule has 11 rings (SSSR count). The van der Waals surface area contributed by atoms with E-state index in [2.05, 4.69) is 146 Å². The van der Waals surface area contributed by atoms with Gasteiger partial charge in [-0.25, -0.2) is 9.97 Å². The predicted octanol–water partition coefficient (Wildman–Crippen LogP) is 14.3. The fourth-order valence-corrected chi connectivity index (χ4v) is 7.92. The summed E-state index contributed by atoms with van der Waals surface area (Å²) in [6.07, 6.45) is 0.